The quantitative estimate of drug-likeness (QED) is 0.605. The molecule has 1 heterocycles. The van der Waals surface area contributed by atoms with E-state index in [1.807, 2.05) is 0 Å². The Labute approximate surface area is 180 Å². The van der Waals surface area contributed by atoms with E-state index in [-0.39, 0.29) is 11.2 Å². The van der Waals surface area contributed by atoms with Gasteiger partial charge in [0.25, 0.3) is 0 Å². The van der Waals surface area contributed by atoms with Crippen molar-refractivity contribution >= 4 is 29.1 Å². The van der Waals surface area contributed by atoms with Crippen LogP contribution in [0.2, 0.25) is 0 Å². The van der Waals surface area contributed by atoms with Crippen LogP contribution >= 0.6 is 11.8 Å². The van der Waals surface area contributed by atoms with Crippen molar-refractivity contribution in [1.82, 2.24) is 4.98 Å². The minimum absolute atomic E-state index is 0.133. The van der Waals surface area contributed by atoms with Crippen molar-refractivity contribution in [3.8, 4) is 6.07 Å². The lowest BCUT2D eigenvalue weighted by molar-refractivity contribution is -0.141. The standard InChI is InChI=1S/C24H24FN3OS/c25-19-2-1-3-20(9-19)27-22-5-4-18(13-26)23(28-22)30-14-21(29)24-10-15-6-16(11-24)8-17(7-15)12-24/h1-5,9,15-17H,6-8,10-12,14H2,(H,27,28). The van der Waals surface area contributed by atoms with Crippen LogP contribution in [0.15, 0.2) is 41.4 Å². The molecular formula is C24H24FN3OS. The van der Waals surface area contributed by atoms with E-state index in [1.165, 1.54) is 43.2 Å². The van der Waals surface area contributed by atoms with Crippen molar-refractivity contribution < 1.29 is 9.18 Å². The summed E-state index contributed by atoms with van der Waals surface area (Å²) in [5.41, 5.74) is 0.919. The predicted octanol–water partition coefficient (Wildman–Crippen LogP) is 5.71. The molecule has 0 spiro atoms. The molecule has 4 bridgehead atoms. The number of nitrogens with one attached hydrogen (secondary N) is 1. The van der Waals surface area contributed by atoms with Crippen LogP contribution in [-0.2, 0) is 4.79 Å². The highest BCUT2D eigenvalue weighted by Crippen LogP contribution is 2.60. The van der Waals surface area contributed by atoms with Crippen LogP contribution in [0, 0.1) is 40.3 Å². The lowest BCUT2D eigenvalue weighted by atomic mass is 9.48. The third-order valence-electron chi connectivity index (χ3n) is 7.05. The Morgan fingerprint density at radius 1 is 1.17 bits per heavy atom. The second-order valence-corrected chi connectivity index (χ2v) is 10.2. The number of pyridine rings is 1. The summed E-state index contributed by atoms with van der Waals surface area (Å²) in [5, 5.41) is 13.1. The van der Waals surface area contributed by atoms with E-state index in [0.29, 0.717) is 33.6 Å². The monoisotopic (exact) mass is 421 g/mol. The van der Waals surface area contributed by atoms with Crippen LogP contribution in [0.25, 0.3) is 0 Å². The van der Waals surface area contributed by atoms with E-state index in [0.717, 1.165) is 37.0 Å². The lowest BCUT2D eigenvalue weighted by Crippen LogP contribution is -2.50. The molecule has 0 amide bonds. The second kappa shape index (κ2) is 7.70. The number of thioether (sulfide) groups is 1. The Bertz CT molecular complexity index is 996. The number of rotatable bonds is 6. The van der Waals surface area contributed by atoms with Gasteiger partial charge in [0, 0.05) is 11.1 Å². The molecule has 4 saturated carbocycles. The minimum atomic E-state index is -0.329. The fourth-order valence-electron chi connectivity index (χ4n) is 6.16. The number of aromatic nitrogens is 1. The van der Waals surface area contributed by atoms with Gasteiger partial charge in [-0.1, -0.05) is 17.8 Å². The number of hydrogen-bond donors (Lipinski definition) is 1. The van der Waals surface area contributed by atoms with E-state index in [1.54, 1.807) is 24.3 Å². The molecule has 1 aromatic heterocycles. The van der Waals surface area contributed by atoms with Gasteiger partial charge in [-0.05, 0) is 86.6 Å². The van der Waals surface area contributed by atoms with Gasteiger partial charge in [-0.3, -0.25) is 4.79 Å². The highest BCUT2D eigenvalue weighted by Gasteiger charge is 2.54. The van der Waals surface area contributed by atoms with Crippen LogP contribution in [-0.4, -0.2) is 16.5 Å². The molecule has 1 aromatic carbocycles. The molecule has 0 aliphatic heterocycles. The Morgan fingerprint density at radius 3 is 2.50 bits per heavy atom. The van der Waals surface area contributed by atoms with Gasteiger partial charge in [0.05, 0.1) is 11.3 Å². The first-order valence-electron chi connectivity index (χ1n) is 10.6. The third-order valence-corrected chi connectivity index (χ3v) is 8.04. The SMILES string of the molecule is N#Cc1ccc(Nc2cccc(F)c2)nc1SCC(=O)C12CC3CC(CC(C3)C1)C2. The number of carbonyl (C=O) groups is 1. The summed E-state index contributed by atoms with van der Waals surface area (Å²) in [4.78, 5) is 17.8. The molecule has 6 heteroatoms. The Kier molecular flexibility index (Phi) is 5.02. The zero-order valence-corrected chi connectivity index (χ0v) is 17.6. The smallest absolute Gasteiger partial charge is 0.149 e. The van der Waals surface area contributed by atoms with Gasteiger partial charge in [0.1, 0.15) is 28.5 Å². The summed E-state index contributed by atoms with van der Waals surface area (Å²) in [5.74, 6) is 3.09. The van der Waals surface area contributed by atoms with Crippen molar-refractivity contribution in [2.24, 2.45) is 23.2 Å². The second-order valence-electron chi connectivity index (χ2n) is 9.21. The molecule has 0 radical (unpaired) electrons. The summed E-state index contributed by atoms with van der Waals surface area (Å²) < 4.78 is 13.4. The maximum absolute atomic E-state index is 13.4. The maximum Gasteiger partial charge on any atom is 0.149 e. The van der Waals surface area contributed by atoms with Gasteiger partial charge in [-0.15, -0.1) is 0 Å². The fraction of sp³-hybridized carbons (Fsp3) is 0.458. The molecule has 0 atom stereocenters. The van der Waals surface area contributed by atoms with Crippen molar-refractivity contribution in [2.45, 2.75) is 43.6 Å². The summed E-state index contributed by atoms with van der Waals surface area (Å²) in [6, 6.07) is 11.7. The highest BCUT2D eigenvalue weighted by atomic mass is 32.2. The number of nitrogens with zero attached hydrogens (tertiary/aromatic N) is 2. The summed E-state index contributed by atoms with van der Waals surface area (Å²) in [6.45, 7) is 0. The van der Waals surface area contributed by atoms with E-state index in [2.05, 4.69) is 16.4 Å². The number of Topliss-reactive ketones (excluding diaryl/α,β-unsaturated/α-hetero) is 1. The average Bonchev–Trinajstić information content (AvgIpc) is 2.71. The predicted molar refractivity (Wildman–Crippen MR) is 115 cm³/mol. The van der Waals surface area contributed by atoms with Gasteiger partial charge >= 0.3 is 0 Å². The summed E-state index contributed by atoms with van der Waals surface area (Å²) in [6.07, 6.45) is 7.10. The minimum Gasteiger partial charge on any atom is -0.340 e. The van der Waals surface area contributed by atoms with Crippen molar-refractivity contribution in [2.75, 3.05) is 11.1 Å². The van der Waals surface area contributed by atoms with Gasteiger partial charge < -0.3 is 5.32 Å². The fourth-order valence-corrected chi connectivity index (χ4v) is 7.16. The molecule has 4 aliphatic carbocycles. The largest absolute Gasteiger partial charge is 0.340 e. The molecule has 0 saturated heterocycles. The van der Waals surface area contributed by atoms with Crippen LogP contribution in [0.5, 0.6) is 0 Å². The lowest BCUT2D eigenvalue weighted by Gasteiger charge is -2.56. The van der Waals surface area contributed by atoms with Crippen molar-refractivity contribution in [3.63, 3.8) is 0 Å². The van der Waals surface area contributed by atoms with Gasteiger partial charge in [-0.25, -0.2) is 9.37 Å². The molecule has 4 nitrogen and oxygen atoms in total. The number of anilines is 2. The molecule has 0 unspecified atom stereocenters. The van der Waals surface area contributed by atoms with Gasteiger partial charge in [-0.2, -0.15) is 5.26 Å². The first-order chi connectivity index (χ1) is 14.5. The molecule has 1 N–H and O–H groups in total. The van der Waals surface area contributed by atoms with E-state index >= 15 is 0 Å². The first kappa shape index (κ1) is 19.6. The summed E-state index contributed by atoms with van der Waals surface area (Å²) >= 11 is 1.36. The third kappa shape index (κ3) is 3.72. The van der Waals surface area contributed by atoms with E-state index < -0.39 is 0 Å². The first-order valence-corrected chi connectivity index (χ1v) is 11.6. The topological polar surface area (TPSA) is 65.8 Å². The molecule has 2 aromatic rings. The zero-order valence-electron chi connectivity index (χ0n) is 16.7. The van der Waals surface area contributed by atoms with Gasteiger partial charge in [0.15, 0.2) is 0 Å². The Balaban J connectivity index is 1.31. The molecule has 4 aliphatic rings. The molecule has 6 rings (SSSR count). The van der Waals surface area contributed by atoms with E-state index in [9.17, 15) is 14.4 Å². The number of ketones is 1. The summed E-state index contributed by atoms with van der Waals surface area (Å²) in [7, 11) is 0. The number of halogens is 1. The molecular weight excluding hydrogens is 397 g/mol. The number of benzene rings is 1. The molecule has 30 heavy (non-hydrogen) atoms. The highest BCUT2D eigenvalue weighted by molar-refractivity contribution is 8.00. The zero-order chi connectivity index (χ0) is 20.7. The van der Waals surface area contributed by atoms with Crippen molar-refractivity contribution in [3.05, 3.63) is 47.8 Å². The number of carbonyl (C=O) groups excluding carboxylic acids is 1. The Morgan fingerprint density at radius 2 is 1.87 bits per heavy atom. The van der Waals surface area contributed by atoms with Crippen LogP contribution in [0.1, 0.15) is 44.1 Å². The maximum atomic E-state index is 13.4. The van der Waals surface area contributed by atoms with E-state index in [4.69, 9.17) is 0 Å². The Hall–Kier alpha value is -2.39. The molecule has 4 fully saturated rings. The molecule has 154 valence electrons. The number of nitriles is 1. The van der Waals surface area contributed by atoms with Gasteiger partial charge in [0.2, 0.25) is 0 Å². The number of hydrogen-bond acceptors (Lipinski definition) is 5. The average molecular weight is 422 g/mol. The van der Waals surface area contributed by atoms with Crippen molar-refractivity contribution in [1.29, 1.82) is 5.26 Å². The van der Waals surface area contributed by atoms with Crippen LogP contribution < -0.4 is 5.32 Å². The van der Waals surface area contributed by atoms with Crippen LogP contribution in [0.4, 0.5) is 15.9 Å². The normalized spacial score (nSPS) is 28.9. The van der Waals surface area contributed by atoms with Crippen LogP contribution in [0.3, 0.4) is 0 Å².